The van der Waals surface area contributed by atoms with Crippen LogP contribution >= 0.6 is 0 Å². The van der Waals surface area contributed by atoms with Gasteiger partial charge in [0, 0.05) is 0 Å². The van der Waals surface area contributed by atoms with Crippen LogP contribution in [0.1, 0.15) is 5.56 Å². The first-order chi connectivity index (χ1) is 6.31. The molecule has 0 bridgehead atoms. The normalized spacial score (nSPS) is 19.6. The molecule has 1 heterocycles. The first kappa shape index (κ1) is 8.17. The topological polar surface area (TPSA) is 18.5 Å². The maximum absolute atomic E-state index is 5.67. The van der Waals surface area contributed by atoms with Gasteiger partial charge in [-0.05, 0) is 24.6 Å². The van der Waals surface area contributed by atoms with Gasteiger partial charge in [0.2, 0.25) is 0 Å². The van der Waals surface area contributed by atoms with Gasteiger partial charge in [0.1, 0.15) is 6.61 Å². The maximum atomic E-state index is 5.67. The van der Waals surface area contributed by atoms with Crippen LogP contribution < -0.4 is 9.47 Å². The van der Waals surface area contributed by atoms with Gasteiger partial charge >= 0.3 is 0 Å². The molecule has 2 heteroatoms. The molecular weight excluding hydrogens is 164 g/mol. The average Bonchev–Trinajstić information content (AvgIpc) is 2.18. The quantitative estimate of drug-likeness (QED) is 0.611. The predicted molar refractivity (Wildman–Crippen MR) is 51.3 cm³/mol. The third-order valence-corrected chi connectivity index (χ3v) is 2.11. The molecule has 0 saturated heterocycles. The fourth-order valence-corrected chi connectivity index (χ4v) is 1.36. The van der Waals surface area contributed by atoms with Gasteiger partial charge in [0.05, 0.1) is 0 Å². The maximum Gasteiger partial charge on any atom is 0.165 e. The zero-order valence-corrected chi connectivity index (χ0v) is 7.62. The fraction of sp³-hybridized carbons (Fsp3) is 0.273. The van der Waals surface area contributed by atoms with Crippen molar-refractivity contribution in [2.45, 2.75) is 13.0 Å². The van der Waals surface area contributed by atoms with Crippen LogP contribution in [0.2, 0.25) is 0 Å². The number of benzene rings is 1. The van der Waals surface area contributed by atoms with E-state index in [0.29, 0.717) is 6.61 Å². The van der Waals surface area contributed by atoms with E-state index < -0.39 is 0 Å². The van der Waals surface area contributed by atoms with Gasteiger partial charge in [-0.1, -0.05) is 18.7 Å². The Bertz CT molecular complexity index is 331. The second kappa shape index (κ2) is 3.13. The number of fused-ring (bicyclic) bond motifs is 1. The zero-order chi connectivity index (χ0) is 9.26. The Kier molecular flexibility index (Phi) is 1.97. The molecule has 2 rings (SSSR count). The molecule has 1 aliphatic rings. The molecule has 1 unspecified atom stereocenters. The molecule has 0 radical (unpaired) electrons. The van der Waals surface area contributed by atoms with Crippen molar-refractivity contribution < 1.29 is 9.47 Å². The van der Waals surface area contributed by atoms with Crippen molar-refractivity contribution in [3.63, 3.8) is 0 Å². The van der Waals surface area contributed by atoms with E-state index in [1.165, 1.54) is 0 Å². The summed E-state index contributed by atoms with van der Waals surface area (Å²) in [5.41, 5.74) is 1.10. The van der Waals surface area contributed by atoms with Gasteiger partial charge in [-0.2, -0.15) is 0 Å². The third-order valence-electron chi connectivity index (χ3n) is 2.11. The summed E-state index contributed by atoms with van der Waals surface area (Å²) in [6, 6.07) is 5.89. The van der Waals surface area contributed by atoms with Crippen LogP contribution in [0.5, 0.6) is 11.5 Å². The van der Waals surface area contributed by atoms with Crippen molar-refractivity contribution in [2.75, 3.05) is 6.61 Å². The monoisotopic (exact) mass is 176 g/mol. The molecule has 0 N–H and O–H groups in total. The summed E-state index contributed by atoms with van der Waals surface area (Å²) in [4.78, 5) is 0. The molecule has 68 valence electrons. The Morgan fingerprint density at radius 2 is 2.38 bits per heavy atom. The second-order valence-corrected chi connectivity index (χ2v) is 3.11. The predicted octanol–water partition coefficient (Wildman–Crippen LogP) is 2.32. The van der Waals surface area contributed by atoms with Crippen LogP contribution in [0.15, 0.2) is 30.9 Å². The lowest BCUT2D eigenvalue weighted by Gasteiger charge is -2.25. The smallest absolute Gasteiger partial charge is 0.165 e. The Balaban J connectivity index is 2.37. The summed E-state index contributed by atoms with van der Waals surface area (Å²) in [6.45, 7) is 6.25. The zero-order valence-electron chi connectivity index (χ0n) is 7.62. The van der Waals surface area contributed by atoms with Crippen LogP contribution in [0.3, 0.4) is 0 Å². The van der Waals surface area contributed by atoms with Crippen molar-refractivity contribution in [3.05, 3.63) is 36.4 Å². The lowest BCUT2D eigenvalue weighted by molar-refractivity contribution is 0.122. The summed E-state index contributed by atoms with van der Waals surface area (Å²) in [7, 11) is 0. The van der Waals surface area contributed by atoms with E-state index in [9.17, 15) is 0 Å². The summed E-state index contributed by atoms with van der Waals surface area (Å²) in [5.74, 6) is 1.68. The van der Waals surface area contributed by atoms with Crippen molar-refractivity contribution in [1.82, 2.24) is 0 Å². The van der Waals surface area contributed by atoms with E-state index in [0.717, 1.165) is 17.1 Å². The summed E-state index contributed by atoms with van der Waals surface area (Å²) in [6.07, 6.45) is 1.74. The van der Waals surface area contributed by atoms with Crippen molar-refractivity contribution in [3.8, 4) is 11.5 Å². The molecule has 1 atom stereocenters. The summed E-state index contributed by atoms with van der Waals surface area (Å²) >= 11 is 0. The van der Waals surface area contributed by atoms with E-state index in [1.807, 2.05) is 25.1 Å². The minimum Gasteiger partial charge on any atom is -0.485 e. The van der Waals surface area contributed by atoms with Crippen molar-refractivity contribution in [2.24, 2.45) is 0 Å². The summed E-state index contributed by atoms with van der Waals surface area (Å²) in [5, 5.41) is 0. The van der Waals surface area contributed by atoms with Crippen molar-refractivity contribution >= 4 is 0 Å². The molecule has 1 aromatic rings. The van der Waals surface area contributed by atoms with E-state index in [2.05, 4.69) is 6.58 Å². The molecule has 2 nitrogen and oxygen atoms in total. The first-order valence-electron chi connectivity index (χ1n) is 4.33. The summed E-state index contributed by atoms with van der Waals surface area (Å²) < 4.78 is 11.2. The number of hydrogen-bond donors (Lipinski definition) is 0. The van der Waals surface area contributed by atoms with Gasteiger partial charge in [-0.25, -0.2) is 0 Å². The van der Waals surface area contributed by atoms with Crippen LogP contribution in [0.4, 0.5) is 0 Å². The van der Waals surface area contributed by atoms with E-state index >= 15 is 0 Å². The largest absolute Gasteiger partial charge is 0.485 e. The number of ether oxygens (including phenoxy) is 2. The molecular formula is C11H12O2. The highest BCUT2D eigenvalue weighted by molar-refractivity contribution is 5.47. The Morgan fingerprint density at radius 3 is 3.15 bits per heavy atom. The van der Waals surface area contributed by atoms with E-state index in [4.69, 9.17) is 9.47 Å². The van der Waals surface area contributed by atoms with Gasteiger partial charge in [0.15, 0.2) is 17.6 Å². The lowest BCUT2D eigenvalue weighted by atomic mass is 10.2. The van der Waals surface area contributed by atoms with Crippen molar-refractivity contribution in [1.29, 1.82) is 0 Å². The first-order valence-corrected chi connectivity index (χ1v) is 4.33. The standard InChI is InChI=1S/C11H12O2/c1-3-9-7-12-10-6-4-5-8(2)11(10)13-9/h3-6,9H,1,7H2,2H3. The second-order valence-electron chi connectivity index (χ2n) is 3.11. The van der Waals surface area contributed by atoms with E-state index in [1.54, 1.807) is 6.08 Å². The number of hydrogen-bond acceptors (Lipinski definition) is 2. The van der Waals surface area contributed by atoms with E-state index in [-0.39, 0.29) is 6.10 Å². The molecule has 1 aromatic carbocycles. The minimum absolute atomic E-state index is 0.0198. The number of aryl methyl sites for hydroxylation is 1. The highest BCUT2D eigenvalue weighted by Crippen LogP contribution is 2.34. The Hall–Kier alpha value is -1.44. The molecule has 0 aliphatic carbocycles. The Labute approximate surface area is 77.8 Å². The number of para-hydroxylation sites is 1. The van der Waals surface area contributed by atoms with Gasteiger partial charge < -0.3 is 9.47 Å². The molecule has 0 aromatic heterocycles. The van der Waals surface area contributed by atoms with Crippen LogP contribution in [-0.4, -0.2) is 12.7 Å². The fourth-order valence-electron chi connectivity index (χ4n) is 1.36. The molecule has 13 heavy (non-hydrogen) atoms. The van der Waals surface area contributed by atoms with Gasteiger partial charge in [0.25, 0.3) is 0 Å². The third kappa shape index (κ3) is 1.39. The number of rotatable bonds is 1. The average molecular weight is 176 g/mol. The van der Waals surface area contributed by atoms with Crippen LogP contribution in [0, 0.1) is 6.92 Å². The van der Waals surface area contributed by atoms with Gasteiger partial charge in [-0.3, -0.25) is 0 Å². The SMILES string of the molecule is C=CC1COc2cccc(C)c2O1. The minimum atomic E-state index is -0.0198. The van der Waals surface area contributed by atoms with Crippen LogP contribution in [0.25, 0.3) is 0 Å². The molecule has 0 spiro atoms. The lowest BCUT2D eigenvalue weighted by Crippen LogP contribution is -2.27. The molecule has 0 saturated carbocycles. The molecule has 0 amide bonds. The molecule has 0 fully saturated rings. The highest BCUT2D eigenvalue weighted by Gasteiger charge is 2.19. The Morgan fingerprint density at radius 1 is 1.54 bits per heavy atom. The highest BCUT2D eigenvalue weighted by atomic mass is 16.6. The molecule has 1 aliphatic heterocycles. The van der Waals surface area contributed by atoms with Gasteiger partial charge in [-0.15, -0.1) is 0 Å². The van der Waals surface area contributed by atoms with Crippen LogP contribution in [-0.2, 0) is 0 Å².